The number of allylic oxidation sites excluding steroid dienone is 2. The lowest BCUT2D eigenvalue weighted by atomic mass is 9.34. The molecule has 13 nitrogen and oxygen atoms in total. The van der Waals surface area contributed by atoms with Crippen LogP contribution < -0.4 is 0 Å². The van der Waals surface area contributed by atoms with Gasteiger partial charge in [-0.15, -0.1) is 0 Å². The lowest BCUT2D eigenvalue weighted by Crippen LogP contribution is -2.70. The van der Waals surface area contributed by atoms with Gasteiger partial charge in [-0.1, -0.05) is 46.3 Å². The minimum atomic E-state index is -1.66. The molecule has 312 valence electrons. The normalized spacial score (nSPS) is 52.8. The highest BCUT2D eigenvalue weighted by molar-refractivity contribution is 5.22. The van der Waals surface area contributed by atoms with Gasteiger partial charge in [0.15, 0.2) is 12.6 Å². The second-order valence-electron chi connectivity index (χ2n) is 19.8. The number of fused-ring (bicyclic) bond motifs is 5. The highest BCUT2D eigenvalue weighted by Gasteiger charge is 2.73. The number of hydrogen-bond donors (Lipinski definition) is 9. The van der Waals surface area contributed by atoms with Crippen LogP contribution in [0.25, 0.3) is 0 Å². The van der Waals surface area contributed by atoms with Gasteiger partial charge in [0.05, 0.1) is 37.1 Å². The Morgan fingerprint density at radius 3 is 2.11 bits per heavy atom. The molecule has 0 radical (unpaired) electrons. The second-order valence-corrected chi connectivity index (χ2v) is 19.8. The summed E-state index contributed by atoms with van der Waals surface area (Å²) >= 11 is 0. The van der Waals surface area contributed by atoms with Crippen LogP contribution in [0.1, 0.15) is 107 Å². The van der Waals surface area contributed by atoms with Crippen molar-refractivity contribution in [2.24, 2.45) is 45.3 Å². The van der Waals surface area contributed by atoms with Gasteiger partial charge in [0.1, 0.15) is 42.7 Å². The van der Waals surface area contributed by atoms with E-state index in [-0.39, 0.29) is 53.1 Å². The Kier molecular flexibility index (Phi) is 12.0. The summed E-state index contributed by atoms with van der Waals surface area (Å²) in [6.07, 6.45) is -7.53. The highest BCUT2D eigenvalue weighted by atomic mass is 16.7. The fraction of sp³-hybridized carbons (Fsp3) is 0.951. The highest BCUT2D eigenvalue weighted by Crippen LogP contribution is 2.76. The molecule has 6 fully saturated rings. The smallest absolute Gasteiger partial charge is 0.187 e. The van der Waals surface area contributed by atoms with E-state index in [0.717, 1.165) is 24.8 Å². The van der Waals surface area contributed by atoms with Crippen molar-refractivity contribution >= 4 is 0 Å². The van der Waals surface area contributed by atoms with Gasteiger partial charge in [-0.25, -0.2) is 0 Å². The Bertz CT molecular complexity index is 1360. The number of aliphatic hydroxyl groups is 9. The first-order valence-electron chi connectivity index (χ1n) is 20.4. The third-order valence-electron chi connectivity index (χ3n) is 16.2. The average Bonchev–Trinajstić information content (AvgIpc) is 3.47. The van der Waals surface area contributed by atoms with Crippen LogP contribution in [-0.4, -0.2) is 138 Å². The Hall–Kier alpha value is -0.780. The van der Waals surface area contributed by atoms with Crippen molar-refractivity contribution in [3.05, 3.63) is 11.6 Å². The maximum atomic E-state index is 12.4. The molecule has 0 aromatic carbocycles. The molecular weight excluding hydrogens is 700 g/mol. The van der Waals surface area contributed by atoms with E-state index in [2.05, 4.69) is 40.7 Å². The van der Waals surface area contributed by atoms with Crippen LogP contribution in [0, 0.1) is 45.3 Å². The lowest BCUT2D eigenvalue weighted by Gasteiger charge is -2.71. The van der Waals surface area contributed by atoms with Crippen molar-refractivity contribution < 1.29 is 64.9 Å². The molecule has 0 bridgehead atoms. The first kappa shape index (κ1) is 42.8. The van der Waals surface area contributed by atoms with E-state index in [1.165, 1.54) is 0 Å². The fourth-order valence-electron chi connectivity index (χ4n) is 13.1. The van der Waals surface area contributed by atoms with Crippen molar-refractivity contribution in [1.82, 2.24) is 0 Å². The van der Waals surface area contributed by atoms with Gasteiger partial charge in [0, 0.05) is 0 Å². The molecule has 6 aliphatic rings. The third-order valence-corrected chi connectivity index (χ3v) is 16.2. The average molecular weight is 771 g/mol. The van der Waals surface area contributed by atoms with Crippen molar-refractivity contribution in [2.45, 2.75) is 186 Å². The molecule has 9 N–H and O–H groups in total. The largest absolute Gasteiger partial charge is 0.393 e. The van der Waals surface area contributed by atoms with Crippen LogP contribution in [0.4, 0.5) is 0 Å². The first-order valence-corrected chi connectivity index (χ1v) is 20.4. The first-order chi connectivity index (χ1) is 25.0. The van der Waals surface area contributed by atoms with E-state index in [9.17, 15) is 46.0 Å². The fourth-order valence-corrected chi connectivity index (χ4v) is 13.1. The van der Waals surface area contributed by atoms with E-state index < -0.39 is 84.6 Å². The van der Waals surface area contributed by atoms with Crippen LogP contribution in [-0.2, 0) is 18.9 Å². The number of rotatable bonds is 9. The van der Waals surface area contributed by atoms with Gasteiger partial charge in [-0.05, 0) is 117 Å². The Labute approximate surface area is 320 Å². The zero-order valence-electron chi connectivity index (χ0n) is 33.5. The molecule has 6 rings (SSSR count). The summed E-state index contributed by atoms with van der Waals surface area (Å²) in [6, 6.07) is 0. The summed E-state index contributed by atoms with van der Waals surface area (Å²) in [6.45, 7) is 16.4. The van der Waals surface area contributed by atoms with Gasteiger partial charge in [-0.2, -0.15) is 0 Å². The van der Waals surface area contributed by atoms with Crippen LogP contribution in [0.3, 0.4) is 0 Å². The van der Waals surface area contributed by atoms with Gasteiger partial charge < -0.3 is 64.9 Å². The molecule has 13 heteroatoms. The molecule has 0 amide bonds. The van der Waals surface area contributed by atoms with E-state index in [1.807, 2.05) is 20.8 Å². The topological polar surface area (TPSA) is 219 Å². The van der Waals surface area contributed by atoms with Gasteiger partial charge in [-0.3, -0.25) is 0 Å². The maximum Gasteiger partial charge on any atom is 0.187 e. The zero-order chi connectivity index (χ0) is 39.9. The molecule has 4 unspecified atom stereocenters. The number of hydrogen-bond acceptors (Lipinski definition) is 13. The van der Waals surface area contributed by atoms with E-state index in [1.54, 1.807) is 0 Å². The predicted molar refractivity (Wildman–Crippen MR) is 196 cm³/mol. The molecule has 2 saturated heterocycles. The lowest BCUT2D eigenvalue weighted by molar-refractivity contribution is -0.346. The summed E-state index contributed by atoms with van der Waals surface area (Å²) in [7, 11) is 0. The molecule has 0 aromatic rings. The molecule has 2 aliphatic heterocycles. The standard InChI is InChI=1S/C41H70O13/c1-20(2)10-9-13-41(8,54-36-33(50)31(48)30(47)25(53-36)19-52-35-32(49)29(46)24(44)18-51-35)21-11-15-39(6)28(21)22(42)16-26-38(5)14-12-27(45)37(3,4)34(38)23(43)17-40(26,39)7/h10,21-36,42-50H,9,11-19H2,1-8H3/t21-,22+,23-,24+,25+,26?,27-,28?,29?,30+,31-,32-,33+,34?,35-,36-,38+,39+,40+,41-/m0/s1. The number of aliphatic hydroxyl groups excluding tert-OH is 9. The maximum absolute atomic E-state index is 12.4. The van der Waals surface area contributed by atoms with Crippen LogP contribution in [0.2, 0.25) is 0 Å². The van der Waals surface area contributed by atoms with E-state index in [0.29, 0.717) is 32.1 Å². The van der Waals surface area contributed by atoms with Crippen molar-refractivity contribution in [3.8, 4) is 0 Å². The van der Waals surface area contributed by atoms with Crippen LogP contribution in [0.5, 0.6) is 0 Å². The summed E-state index contributed by atoms with van der Waals surface area (Å²) in [5.41, 5.74) is -1.30. The third kappa shape index (κ3) is 6.86. The van der Waals surface area contributed by atoms with Gasteiger partial charge >= 0.3 is 0 Å². The molecule has 2 heterocycles. The SMILES string of the molecule is CC(C)=CCC[C@](C)(O[C@@H]1O[C@H](CO[C@@H]2OC[C@@H](O)C(O)[C@@H]2O)[C@@H](O)[C@H](O)[C@H]1O)[C@H]1CC[C@]2(C)C1[C@H](O)CC1[C@@]3(C)CC[C@H](O)C(C)(C)C3[C@@H](O)C[C@]12C. The predicted octanol–water partition coefficient (Wildman–Crippen LogP) is 1.76. The Morgan fingerprint density at radius 2 is 1.44 bits per heavy atom. The van der Waals surface area contributed by atoms with Crippen molar-refractivity contribution in [2.75, 3.05) is 13.2 Å². The zero-order valence-corrected chi connectivity index (χ0v) is 33.5. The van der Waals surface area contributed by atoms with Crippen LogP contribution >= 0.6 is 0 Å². The Morgan fingerprint density at radius 1 is 0.778 bits per heavy atom. The van der Waals surface area contributed by atoms with Gasteiger partial charge in [0.2, 0.25) is 0 Å². The quantitative estimate of drug-likeness (QED) is 0.153. The Balaban J connectivity index is 1.27. The molecule has 4 aliphatic carbocycles. The van der Waals surface area contributed by atoms with E-state index in [4.69, 9.17) is 18.9 Å². The second kappa shape index (κ2) is 15.1. The monoisotopic (exact) mass is 770 g/mol. The van der Waals surface area contributed by atoms with E-state index >= 15 is 0 Å². The van der Waals surface area contributed by atoms with Gasteiger partial charge in [0.25, 0.3) is 0 Å². The van der Waals surface area contributed by atoms with Crippen molar-refractivity contribution in [1.29, 1.82) is 0 Å². The summed E-state index contributed by atoms with van der Waals surface area (Å²) in [5, 5.41) is 99.1. The summed E-state index contributed by atoms with van der Waals surface area (Å²) in [4.78, 5) is 0. The van der Waals surface area contributed by atoms with Crippen LogP contribution in [0.15, 0.2) is 11.6 Å². The molecule has 0 spiro atoms. The summed E-state index contributed by atoms with van der Waals surface area (Å²) < 4.78 is 24.0. The molecule has 4 saturated carbocycles. The number of ether oxygens (including phenoxy) is 4. The minimum absolute atomic E-state index is 0.109. The molecule has 20 atom stereocenters. The van der Waals surface area contributed by atoms with Crippen molar-refractivity contribution in [3.63, 3.8) is 0 Å². The minimum Gasteiger partial charge on any atom is -0.393 e. The molecular formula is C41H70O13. The molecule has 0 aromatic heterocycles. The summed E-state index contributed by atoms with van der Waals surface area (Å²) in [5.74, 6) is -0.398. The molecule has 54 heavy (non-hydrogen) atoms.